The number of pyridine rings is 1. The quantitative estimate of drug-likeness (QED) is 0.251. The van der Waals surface area contributed by atoms with E-state index in [-0.39, 0.29) is 50.2 Å². The summed E-state index contributed by atoms with van der Waals surface area (Å²) >= 11 is 0. The molecule has 198 valence electrons. The van der Waals surface area contributed by atoms with Crippen LogP contribution >= 0.6 is 0 Å². The lowest BCUT2D eigenvalue weighted by atomic mass is 10.1. The number of imide groups is 1. The topological polar surface area (TPSA) is 204 Å². The van der Waals surface area contributed by atoms with E-state index in [4.69, 9.17) is 5.73 Å². The number of rotatable bonds is 5. The number of benzene rings is 2. The van der Waals surface area contributed by atoms with Crippen LogP contribution in [0.3, 0.4) is 0 Å². The number of hydrogen-bond acceptors (Lipinski definition) is 9. The van der Waals surface area contributed by atoms with E-state index in [9.17, 15) is 32.4 Å². The molecule has 39 heavy (non-hydrogen) atoms. The van der Waals surface area contributed by atoms with Crippen LogP contribution in [0.15, 0.2) is 63.0 Å². The van der Waals surface area contributed by atoms with Gasteiger partial charge in [0.15, 0.2) is 0 Å². The van der Waals surface area contributed by atoms with Crippen molar-refractivity contribution >= 4 is 50.2 Å². The fourth-order valence-corrected chi connectivity index (χ4v) is 5.23. The number of nitrogens with one attached hydrogen (secondary N) is 3. The van der Waals surface area contributed by atoms with Crippen molar-refractivity contribution in [2.75, 3.05) is 15.9 Å². The summed E-state index contributed by atoms with van der Waals surface area (Å²) in [5.74, 6) is -2.11. The minimum Gasteiger partial charge on any atom is -0.384 e. The number of sulfonamides is 1. The maximum absolute atomic E-state index is 13.4. The summed E-state index contributed by atoms with van der Waals surface area (Å²) in [4.78, 5) is 67.8. The van der Waals surface area contributed by atoms with E-state index in [0.717, 1.165) is 15.3 Å². The van der Waals surface area contributed by atoms with Crippen LogP contribution in [0.4, 0.5) is 11.5 Å². The molecule has 0 spiro atoms. The minimum absolute atomic E-state index is 0.0306. The number of amides is 3. The molecule has 0 fully saturated rings. The van der Waals surface area contributed by atoms with Crippen molar-refractivity contribution < 1.29 is 22.8 Å². The van der Waals surface area contributed by atoms with Crippen LogP contribution in [0.5, 0.6) is 0 Å². The van der Waals surface area contributed by atoms with Crippen LogP contribution in [-0.4, -0.2) is 40.4 Å². The van der Waals surface area contributed by atoms with E-state index in [1.807, 2.05) is 0 Å². The van der Waals surface area contributed by atoms with Crippen LogP contribution in [0.25, 0.3) is 16.6 Å². The Hall–Kier alpha value is -5.31. The first-order valence-corrected chi connectivity index (χ1v) is 12.7. The Balaban J connectivity index is 1.59. The molecule has 0 radical (unpaired) electrons. The summed E-state index contributed by atoms with van der Waals surface area (Å²) in [6.07, 6.45) is 0. The summed E-state index contributed by atoms with van der Waals surface area (Å²) in [6, 6.07) is 10.4. The highest BCUT2D eigenvalue weighted by atomic mass is 32.2. The molecule has 1 aliphatic heterocycles. The largest absolute Gasteiger partial charge is 0.384 e. The van der Waals surface area contributed by atoms with Gasteiger partial charge in [-0.25, -0.2) is 9.82 Å². The molecule has 0 saturated heterocycles. The van der Waals surface area contributed by atoms with Gasteiger partial charge in [0.2, 0.25) is 5.91 Å². The minimum atomic E-state index is -4.26. The molecule has 2 aromatic carbocycles. The molecular weight excluding hydrogens is 530 g/mol. The second kappa shape index (κ2) is 8.91. The van der Waals surface area contributed by atoms with Crippen molar-refractivity contribution in [1.82, 2.24) is 19.5 Å². The monoisotopic (exact) mass is 549 g/mol. The first kappa shape index (κ1) is 25.3. The van der Waals surface area contributed by atoms with E-state index < -0.39 is 33.0 Å². The molecule has 3 heterocycles. The molecule has 0 bridgehead atoms. The van der Waals surface area contributed by atoms with Gasteiger partial charge in [-0.3, -0.25) is 33.9 Å². The number of nitrogens with zero attached hydrogens (tertiary/aromatic N) is 3. The molecule has 1 aliphatic rings. The Kier molecular flexibility index (Phi) is 5.79. The van der Waals surface area contributed by atoms with Crippen molar-refractivity contribution in [3.05, 3.63) is 86.2 Å². The summed E-state index contributed by atoms with van der Waals surface area (Å²) < 4.78 is 27.7. The van der Waals surface area contributed by atoms with Crippen molar-refractivity contribution in [2.24, 2.45) is 0 Å². The zero-order valence-electron chi connectivity index (χ0n) is 20.3. The summed E-state index contributed by atoms with van der Waals surface area (Å²) in [7, 11) is -4.26. The highest BCUT2D eigenvalue weighted by Crippen LogP contribution is 2.24. The van der Waals surface area contributed by atoms with Gasteiger partial charge in [0.25, 0.3) is 33.0 Å². The van der Waals surface area contributed by atoms with Crippen molar-refractivity contribution in [3.63, 3.8) is 0 Å². The van der Waals surface area contributed by atoms with E-state index >= 15 is 0 Å². The van der Waals surface area contributed by atoms with Gasteiger partial charge in [-0.2, -0.15) is 13.1 Å². The predicted octanol–water partition coefficient (Wildman–Crippen LogP) is 0.212. The fraction of sp³-hybridized carbons (Fsp3) is 0.0833. The second-order valence-corrected chi connectivity index (χ2v) is 10.2. The van der Waals surface area contributed by atoms with Gasteiger partial charge >= 0.3 is 0 Å². The summed E-state index contributed by atoms with van der Waals surface area (Å²) in [5, 5.41) is 4.53. The molecule has 0 unspecified atom stereocenters. The highest BCUT2D eigenvalue weighted by Gasteiger charge is 2.32. The average molecular weight is 550 g/mol. The molecule has 2 aromatic heterocycles. The van der Waals surface area contributed by atoms with Gasteiger partial charge < -0.3 is 11.1 Å². The molecule has 0 aliphatic carbocycles. The van der Waals surface area contributed by atoms with Crippen LogP contribution in [0.1, 0.15) is 33.5 Å². The Labute approximate surface area is 219 Å². The Morgan fingerprint density at radius 2 is 1.69 bits per heavy atom. The molecular formula is C24H19N7O7S. The number of fused-ring (bicyclic) bond motifs is 2. The second-order valence-electron chi connectivity index (χ2n) is 8.58. The first-order chi connectivity index (χ1) is 18.4. The lowest BCUT2D eigenvalue weighted by Crippen LogP contribution is -2.35. The predicted molar refractivity (Wildman–Crippen MR) is 140 cm³/mol. The lowest BCUT2D eigenvalue weighted by Gasteiger charge is -2.15. The van der Waals surface area contributed by atoms with Crippen LogP contribution in [0, 0.1) is 6.92 Å². The summed E-state index contributed by atoms with van der Waals surface area (Å²) in [5.41, 5.74) is 4.92. The van der Waals surface area contributed by atoms with E-state index in [1.165, 1.54) is 56.3 Å². The van der Waals surface area contributed by atoms with Gasteiger partial charge in [-0.15, -0.1) is 0 Å². The first-order valence-electron chi connectivity index (χ1n) is 11.2. The number of aromatic nitrogens is 3. The fourth-order valence-electron chi connectivity index (χ4n) is 4.17. The molecule has 5 rings (SSSR count). The third-order valence-electron chi connectivity index (χ3n) is 5.93. The van der Waals surface area contributed by atoms with Gasteiger partial charge in [0.1, 0.15) is 11.6 Å². The van der Waals surface area contributed by atoms with Gasteiger partial charge in [0.05, 0.1) is 32.6 Å². The Morgan fingerprint density at radius 3 is 2.36 bits per heavy atom. The maximum Gasteiger partial charge on any atom is 0.280 e. The SMILES string of the molecule is CC(=O)Nc1ccc(S(=O)(=O)Nn2c(C)nc3ccc(-n4c(N)c5c(cc4=O)C(=O)NC5=O)cc3c2=O)cc1. The van der Waals surface area contributed by atoms with E-state index in [1.54, 1.807) is 0 Å². The average Bonchev–Trinajstić information content (AvgIpc) is 3.15. The van der Waals surface area contributed by atoms with Gasteiger partial charge in [0, 0.05) is 18.7 Å². The number of aryl methyl sites for hydroxylation is 1. The van der Waals surface area contributed by atoms with E-state index in [0.29, 0.717) is 5.69 Å². The smallest absolute Gasteiger partial charge is 0.280 e. The standard InChI is InChI=1S/C24H19N7O7S/c1-11-26-18-8-5-14(30-19(33)10-17-20(21(30)25)23(35)28-22(17)34)9-16(18)24(36)31(11)29-39(37,38)15-6-3-13(4-7-15)27-12(2)32/h3-10,29H,25H2,1-2H3,(H,27,32)(H,28,34,35). The number of nitrogens with two attached hydrogens (primary N) is 1. The normalized spacial score (nSPS) is 12.8. The molecule has 5 N–H and O–H groups in total. The van der Waals surface area contributed by atoms with Crippen molar-refractivity contribution in [1.29, 1.82) is 0 Å². The zero-order valence-corrected chi connectivity index (χ0v) is 21.1. The molecule has 3 amide bonds. The molecule has 15 heteroatoms. The number of carbonyl (C=O) groups is 3. The van der Waals surface area contributed by atoms with Crippen LogP contribution < -0.4 is 32.3 Å². The summed E-state index contributed by atoms with van der Waals surface area (Å²) in [6.45, 7) is 2.74. The number of hydrogen-bond donors (Lipinski definition) is 4. The molecule has 14 nitrogen and oxygen atoms in total. The van der Waals surface area contributed by atoms with Crippen molar-refractivity contribution in [2.45, 2.75) is 18.7 Å². The van der Waals surface area contributed by atoms with Gasteiger partial charge in [-0.1, -0.05) is 0 Å². The maximum atomic E-state index is 13.4. The molecule has 4 aromatic rings. The van der Waals surface area contributed by atoms with Gasteiger partial charge in [-0.05, 0) is 49.4 Å². The van der Waals surface area contributed by atoms with Crippen LogP contribution in [-0.2, 0) is 14.8 Å². The lowest BCUT2D eigenvalue weighted by molar-refractivity contribution is -0.114. The zero-order chi connectivity index (χ0) is 28.2. The number of anilines is 2. The Bertz CT molecular complexity index is 1980. The van der Waals surface area contributed by atoms with Crippen molar-refractivity contribution in [3.8, 4) is 5.69 Å². The number of carbonyl (C=O) groups excluding carboxylic acids is 3. The number of nitrogen functional groups attached to an aromatic ring is 1. The molecule has 0 saturated carbocycles. The van der Waals surface area contributed by atoms with Crippen LogP contribution in [0.2, 0.25) is 0 Å². The van der Waals surface area contributed by atoms with E-state index in [2.05, 4.69) is 20.4 Å². The highest BCUT2D eigenvalue weighted by molar-refractivity contribution is 7.92. The third kappa shape index (κ3) is 4.29. The third-order valence-corrected chi connectivity index (χ3v) is 7.24. The molecule has 0 atom stereocenters. The Morgan fingerprint density at radius 1 is 1.00 bits per heavy atom.